The molecule has 0 atom stereocenters. The van der Waals surface area contributed by atoms with Gasteiger partial charge in [0.2, 0.25) is 5.89 Å². The molecule has 31 heavy (non-hydrogen) atoms. The second-order valence-corrected chi connectivity index (χ2v) is 7.87. The van der Waals surface area contributed by atoms with Crippen LogP contribution in [-0.4, -0.2) is 39.3 Å². The van der Waals surface area contributed by atoms with Crippen LogP contribution in [0.4, 0.5) is 0 Å². The summed E-state index contributed by atoms with van der Waals surface area (Å²) in [5.41, 5.74) is 2.35. The van der Waals surface area contributed by atoms with Crippen molar-refractivity contribution in [1.82, 2.24) is 20.3 Å². The molecule has 0 saturated carbocycles. The molecular weight excluding hydrogens is 420 g/mol. The molecule has 1 aromatic carbocycles. The maximum atomic E-state index is 13.3. The summed E-state index contributed by atoms with van der Waals surface area (Å²) >= 11 is 6.32. The van der Waals surface area contributed by atoms with E-state index in [0.717, 1.165) is 18.4 Å². The largest absolute Gasteiger partial charge is 0.472 e. The third kappa shape index (κ3) is 3.63. The van der Waals surface area contributed by atoms with Crippen molar-refractivity contribution in [3.05, 3.63) is 65.1 Å². The first-order valence-electron chi connectivity index (χ1n) is 9.98. The highest BCUT2D eigenvalue weighted by molar-refractivity contribution is 6.33. The van der Waals surface area contributed by atoms with Gasteiger partial charge >= 0.3 is 0 Å². The molecule has 0 bridgehead atoms. The number of carbonyl (C=O) groups excluding carboxylic acids is 1. The first-order chi connectivity index (χ1) is 15.1. The van der Waals surface area contributed by atoms with Crippen LogP contribution in [0, 0.1) is 6.92 Å². The molecule has 1 fully saturated rings. The van der Waals surface area contributed by atoms with Crippen LogP contribution in [0.1, 0.15) is 40.8 Å². The van der Waals surface area contributed by atoms with Gasteiger partial charge in [0.05, 0.1) is 16.8 Å². The van der Waals surface area contributed by atoms with Gasteiger partial charge in [-0.3, -0.25) is 4.79 Å². The average Bonchev–Trinajstić information content (AvgIpc) is 3.54. The second-order valence-electron chi connectivity index (χ2n) is 7.47. The van der Waals surface area contributed by atoms with E-state index in [0.29, 0.717) is 52.5 Å². The van der Waals surface area contributed by atoms with E-state index >= 15 is 0 Å². The van der Waals surface area contributed by atoms with E-state index < -0.39 is 0 Å². The number of benzene rings is 1. The standard InChI is InChI=1S/C22H19ClN4O4/c1-13-18(19(26-31-13)16-4-2-3-5-17(16)23)22(28)27-9-6-14(7-10-27)20-24-25-21(30-20)15-8-11-29-12-15/h2-5,8,11-12,14H,6-7,9-10H2,1H3. The molecule has 0 spiro atoms. The highest BCUT2D eigenvalue weighted by atomic mass is 35.5. The Hall–Kier alpha value is -3.39. The predicted octanol–water partition coefficient (Wildman–Crippen LogP) is 4.97. The van der Waals surface area contributed by atoms with Crippen molar-refractivity contribution in [3.8, 4) is 22.7 Å². The summed E-state index contributed by atoms with van der Waals surface area (Å²) in [7, 11) is 0. The lowest BCUT2D eigenvalue weighted by atomic mass is 9.95. The number of amides is 1. The number of carbonyl (C=O) groups is 1. The highest BCUT2D eigenvalue weighted by Crippen LogP contribution is 2.34. The van der Waals surface area contributed by atoms with Crippen LogP contribution in [0.2, 0.25) is 5.02 Å². The van der Waals surface area contributed by atoms with E-state index in [4.69, 9.17) is 25.0 Å². The van der Waals surface area contributed by atoms with Crippen molar-refractivity contribution in [2.45, 2.75) is 25.7 Å². The van der Waals surface area contributed by atoms with Gasteiger partial charge < -0.3 is 18.3 Å². The zero-order valence-electron chi connectivity index (χ0n) is 16.7. The van der Waals surface area contributed by atoms with Gasteiger partial charge in [-0.1, -0.05) is 35.0 Å². The molecule has 3 aromatic heterocycles. The van der Waals surface area contributed by atoms with E-state index in [9.17, 15) is 4.79 Å². The monoisotopic (exact) mass is 438 g/mol. The molecule has 4 aromatic rings. The van der Waals surface area contributed by atoms with E-state index in [-0.39, 0.29) is 11.8 Å². The van der Waals surface area contributed by atoms with Crippen molar-refractivity contribution in [2.75, 3.05) is 13.1 Å². The van der Waals surface area contributed by atoms with Crippen LogP contribution in [0.25, 0.3) is 22.7 Å². The van der Waals surface area contributed by atoms with E-state index in [1.54, 1.807) is 31.6 Å². The summed E-state index contributed by atoms with van der Waals surface area (Å²) in [6.07, 6.45) is 4.58. The zero-order chi connectivity index (χ0) is 21.4. The Morgan fingerprint density at radius 2 is 1.97 bits per heavy atom. The number of aromatic nitrogens is 3. The van der Waals surface area contributed by atoms with Gasteiger partial charge in [-0.05, 0) is 31.9 Å². The molecule has 1 saturated heterocycles. The smallest absolute Gasteiger partial charge is 0.259 e. The Kier molecular flexibility index (Phi) is 5.07. The number of furan rings is 1. The summed E-state index contributed by atoms with van der Waals surface area (Å²) in [5.74, 6) is 1.48. The van der Waals surface area contributed by atoms with Crippen molar-refractivity contribution < 1.29 is 18.2 Å². The van der Waals surface area contributed by atoms with Gasteiger partial charge in [0.25, 0.3) is 11.8 Å². The van der Waals surface area contributed by atoms with E-state index in [1.165, 1.54) is 0 Å². The van der Waals surface area contributed by atoms with Crippen LogP contribution in [0.15, 0.2) is 56.2 Å². The third-order valence-corrected chi connectivity index (χ3v) is 5.88. The molecule has 9 heteroatoms. The minimum Gasteiger partial charge on any atom is -0.472 e. The lowest BCUT2D eigenvalue weighted by Gasteiger charge is -2.30. The minimum atomic E-state index is -0.114. The fourth-order valence-corrected chi connectivity index (χ4v) is 4.08. The zero-order valence-corrected chi connectivity index (χ0v) is 17.5. The molecule has 0 unspecified atom stereocenters. The first-order valence-corrected chi connectivity index (χ1v) is 10.4. The van der Waals surface area contributed by atoms with Crippen LogP contribution in [-0.2, 0) is 0 Å². The topological polar surface area (TPSA) is 98.4 Å². The molecule has 5 rings (SSSR count). The first kappa shape index (κ1) is 19.6. The Morgan fingerprint density at radius 3 is 2.71 bits per heavy atom. The highest BCUT2D eigenvalue weighted by Gasteiger charge is 2.32. The molecular formula is C22H19ClN4O4. The Bertz CT molecular complexity index is 1210. The van der Waals surface area contributed by atoms with Crippen molar-refractivity contribution in [3.63, 3.8) is 0 Å². The SMILES string of the molecule is Cc1onc(-c2ccccc2Cl)c1C(=O)N1CCC(c2nnc(-c3ccoc3)o2)CC1. The van der Waals surface area contributed by atoms with Crippen molar-refractivity contribution in [2.24, 2.45) is 0 Å². The molecule has 0 aliphatic carbocycles. The van der Waals surface area contributed by atoms with Crippen LogP contribution in [0.3, 0.4) is 0 Å². The maximum absolute atomic E-state index is 13.3. The summed E-state index contributed by atoms with van der Waals surface area (Å²) in [4.78, 5) is 15.1. The summed E-state index contributed by atoms with van der Waals surface area (Å²) in [5, 5.41) is 12.9. The Morgan fingerprint density at radius 1 is 1.16 bits per heavy atom. The summed E-state index contributed by atoms with van der Waals surface area (Å²) in [6, 6.07) is 9.06. The molecule has 0 N–H and O–H groups in total. The fourth-order valence-electron chi connectivity index (χ4n) is 3.85. The van der Waals surface area contributed by atoms with Gasteiger partial charge in [-0.2, -0.15) is 0 Å². The van der Waals surface area contributed by atoms with Gasteiger partial charge in [0, 0.05) is 24.6 Å². The molecule has 0 radical (unpaired) electrons. The van der Waals surface area contributed by atoms with Crippen LogP contribution >= 0.6 is 11.6 Å². The van der Waals surface area contributed by atoms with Crippen molar-refractivity contribution in [1.29, 1.82) is 0 Å². The quantitative estimate of drug-likeness (QED) is 0.443. The van der Waals surface area contributed by atoms with Gasteiger partial charge in [-0.15, -0.1) is 10.2 Å². The maximum Gasteiger partial charge on any atom is 0.259 e. The predicted molar refractivity (Wildman–Crippen MR) is 112 cm³/mol. The number of halogens is 1. The Balaban J connectivity index is 1.31. The van der Waals surface area contributed by atoms with Gasteiger partial charge in [-0.25, -0.2) is 0 Å². The molecule has 8 nitrogen and oxygen atoms in total. The molecule has 1 amide bonds. The lowest BCUT2D eigenvalue weighted by Crippen LogP contribution is -2.38. The molecule has 1 aliphatic rings. The molecule has 4 heterocycles. The molecule has 158 valence electrons. The normalized spacial score (nSPS) is 14.8. The number of piperidine rings is 1. The summed E-state index contributed by atoms with van der Waals surface area (Å²) < 4.78 is 16.2. The minimum absolute atomic E-state index is 0.101. The second kappa shape index (κ2) is 8.03. The van der Waals surface area contributed by atoms with Crippen LogP contribution in [0.5, 0.6) is 0 Å². The number of rotatable bonds is 4. The van der Waals surface area contributed by atoms with Crippen LogP contribution < -0.4 is 0 Å². The average molecular weight is 439 g/mol. The molecule has 1 aliphatic heterocycles. The number of nitrogens with zero attached hydrogens (tertiary/aromatic N) is 4. The van der Waals surface area contributed by atoms with E-state index in [1.807, 2.05) is 23.1 Å². The number of hydrogen-bond acceptors (Lipinski definition) is 7. The van der Waals surface area contributed by atoms with Gasteiger partial charge in [0.1, 0.15) is 23.3 Å². The van der Waals surface area contributed by atoms with E-state index in [2.05, 4.69) is 15.4 Å². The lowest BCUT2D eigenvalue weighted by molar-refractivity contribution is 0.0705. The fraction of sp³-hybridized carbons (Fsp3) is 0.273. The number of hydrogen-bond donors (Lipinski definition) is 0. The summed E-state index contributed by atoms with van der Waals surface area (Å²) in [6.45, 7) is 2.88. The van der Waals surface area contributed by atoms with Gasteiger partial charge in [0.15, 0.2) is 0 Å². The third-order valence-electron chi connectivity index (χ3n) is 5.55. The number of likely N-dealkylation sites (tertiary alicyclic amines) is 1. The van der Waals surface area contributed by atoms with Crippen molar-refractivity contribution >= 4 is 17.5 Å². The Labute approximate surface area is 182 Å². The number of aryl methyl sites for hydroxylation is 1.